The second kappa shape index (κ2) is 5.61. The summed E-state index contributed by atoms with van der Waals surface area (Å²) in [6, 6.07) is 11.6. The number of amides is 2. The van der Waals surface area contributed by atoms with Gasteiger partial charge < -0.3 is 4.57 Å². The first-order chi connectivity index (χ1) is 9.50. The van der Waals surface area contributed by atoms with Gasteiger partial charge in [-0.1, -0.05) is 18.2 Å². The van der Waals surface area contributed by atoms with Crippen LogP contribution in [0.25, 0.3) is 5.69 Å². The van der Waals surface area contributed by atoms with Crippen molar-refractivity contribution in [1.82, 2.24) is 15.4 Å². The molecular formula is C15H17N3O2. The molecule has 20 heavy (non-hydrogen) atoms. The van der Waals surface area contributed by atoms with Gasteiger partial charge in [-0.2, -0.15) is 0 Å². The fourth-order valence-corrected chi connectivity index (χ4v) is 2.18. The Morgan fingerprint density at radius 3 is 2.30 bits per heavy atom. The maximum atomic E-state index is 12.0. The van der Waals surface area contributed by atoms with Crippen molar-refractivity contribution in [1.29, 1.82) is 0 Å². The average Bonchev–Trinajstić information content (AvgIpc) is 2.72. The molecule has 0 atom stereocenters. The van der Waals surface area contributed by atoms with Crippen LogP contribution in [0.1, 0.15) is 28.7 Å². The van der Waals surface area contributed by atoms with Crippen molar-refractivity contribution < 1.29 is 9.59 Å². The molecule has 0 bridgehead atoms. The summed E-state index contributed by atoms with van der Waals surface area (Å²) in [5.41, 5.74) is 8.00. The lowest BCUT2D eigenvalue weighted by Crippen LogP contribution is -2.40. The molecule has 1 heterocycles. The molecular weight excluding hydrogens is 254 g/mol. The van der Waals surface area contributed by atoms with E-state index in [2.05, 4.69) is 10.9 Å². The molecule has 0 radical (unpaired) electrons. The summed E-state index contributed by atoms with van der Waals surface area (Å²) in [6.45, 7) is 5.16. The van der Waals surface area contributed by atoms with E-state index < -0.39 is 0 Å². The van der Waals surface area contributed by atoms with Crippen LogP contribution in [0, 0.1) is 13.8 Å². The standard InChI is InChI=1S/C15H17N3O2/c1-10-9-14(15(20)17-16-12(3)19)11(2)18(10)13-7-5-4-6-8-13/h4-9H,1-3H3,(H,16,19)(H,17,20). The van der Waals surface area contributed by atoms with Crippen LogP contribution >= 0.6 is 0 Å². The van der Waals surface area contributed by atoms with E-state index in [1.807, 2.05) is 48.7 Å². The maximum Gasteiger partial charge on any atom is 0.271 e. The van der Waals surface area contributed by atoms with Crippen molar-refractivity contribution in [3.63, 3.8) is 0 Å². The van der Waals surface area contributed by atoms with E-state index in [0.29, 0.717) is 5.56 Å². The molecule has 0 aliphatic rings. The third-order valence-corrected chi connectivity index (χ3v) is 3.04. The SMILES string of the molecule is CC(=O)NNC(=O)c1cc(C)n(-c2ccccc2)c1C. The Morgan fingerprint density at radius 2 is 1.70 bits per heavy atom. The number of aryl methyl sites for hydroxylation is 1. The van der Waals surface area contributed by atoms with Gasteiger partial charge >= 0.3 is 0 Å². The van der Waals surface area contributed by atoms with Crippen LogP contribution in [-0.4, -0.2) is 16.4 Å². The van der Waals surface area contributed by atoms with Gasteiger partial charge in [-0.15, -0.1) is 0 Å². The molecule has 0 aliphatic heterocycles. The molecule has 1 aromatic heterocycles. The van der Waals surface area contributed by atoms with Crippen LogP contribution in [0.3, 0.4) is 0 Å². The molecule has 0 fully saturated rings. The normalized spacial score (nSPS) is 10.2. The monoisotopic (exact) mass is 271 g/mol. The van der Waals surface area contributed by atoms with Gasteiger partial charge in [0.15, 0.2) is 0 Å². The molecule has 104 valence electrons. The van der Waals surface area contributed by atoms with Crippen LogP contribution in [0.15, 0.2) is 36.4 Å². The molecule has 2 amide bonds. The number of benzene rings is 1. The molecule has 2 rings (SSSR count). The lowest BCUT2D eigenvalue weighted by atomic mass is 10.2. The fraction of sp³-hybridized carbons (Fsp3) is 0.200. The molecule has 2 aromatic rings. The van der Waals surface area contributed by atoms with Crippen LogP contribution < -0.4 is 10.9 Å². The third kappa shape index (κ3) is 2.71. The van der Waals surface area contributed by atoms with Crippen LogP contribution in [0.5, 0.6) is 0 Å². The highest BCUT2D eigenvalue weighted by molar-refractivity contribution is 5.96. The number of hydrazine groups is 1. The number of aromatic nitrogens is 1. The first-order valence-corrected chi connectivity index (χ1v) is 6.32. The van der Waals surface area contributed by atoms with Crippen molar-refractivity contribution >= 4 is 11.8 Å². The van der Waals surface area contributed by atoms with Gasteiger partial charge in [0.05, 0.1) is 5.56 Å². The quantitative estimate of drug-likeness (QED) is 0.819. The van der Waals surface area contributed by atoms with E-state index in [1.165, 1.54) is 6.92 Å². The Kier molecular flexibility index (Phi) is 3.89. The lowest BCUT2D eigenvalue weighted by Gasteiger charge is -2.10. The van der Waals surface area contributed by atoms with Crippen LogP contribution in [0.4, 0.5) is 0 Å². The molecule has 0 saturated carbocycles. The van der Waals surface area contributed by atoms with Gasteiger partial charge in [0.25, 0.3) is 5.91 Å². The average molecular weight is 271 g/mol. The smallest absolute Gasteiger partial charge is 0.271 e. The predicted octanol–water partition coefficient (Wildman–Crippen LogP) is 1.88. The van der Waals surface area contributed by atoms with Crippen molar-refractivity contribution in [3.8, 4) is 5.69 Å². The van der Waals surface area contributed by atoms with Gasteiger partial charge in [-0.3, -0.25) is 20.4 Å². The Hall–Kier alpha value is -2.56. The van der Waals surface area contributed by atoms with E-state index in [0.717, 1.165) is 17.1 Å². The number of nitrogens with zero attached hydrogens (tertiary/aromatic N) is 1. The van der Waals surface area contributed by atoms with E-state index >= 15 is 0 Å². The summed E-state index contributed by atoms with van der Waals surface area (Å²) in [5.74, 6) is -0.634. The number of carbonyl (C=O) groups is 2. The summed E-state index contributed by atoms with van der Waals surface area (Å²) in [7, 11) is 0. The first-order valence-electron chi connectivity index (χ1n) is 6.32. The molecule has 5 nitrogen and oxygen atoms in total. The lowest BCUT2D eigenvalue weighted by molar-refractivity contribution is -0.119. The predicted molar refractivity (Wildman–Crippen MR) is 76.5 cm³/mol. The second-order valence-electron chi connectivity index (χ2n) is 4.59. The maximum absolute atomic E-state index is 12.0. The highest BCUT2D eigenvalue weighted by Crippen LogP contribution is 2.20. The van der Waals surface area contributed by atoms with Gasteiger partial charge in [0, 0.05) is 24.0 Å². The summed E-state index contributed by atoms with van der Waals surface area (Å²) in [5, 5.41) is 0. The third-order valence-electron chi connectivity index (χ3n) is 3.04. The summed E-state index contributed by atoms with van der Waals surface area (Å²) >= 11 is 0. The minimum atomic E-state index is -0.324. The summed E-state index contributed by atoms with van der Waals surface area (Å²) in [4.78, 5) is 22.9. The van der Waals surface area contributed by atoms with Gasteiger partial charge in [0.1, 0.15) is 0 Å². The first kappa shape index (κ1) is 13.9. The molecule has 0 aliphatic carbocycles. The molecule has 1 aromatic carbocycles. The van der Waals surface area contributed by atoms with Crippen molar-refractivity contribution in [3.05, 3.63) is 53.3 Å². The minimum absolute atomic E-state index is 0.310. The van der Waals surface area contributed by atoms with Crippen LogP contribution in [-0.2, 0) is 4.79 Å². The summed E-state index contributed by atoms with van der Waals surface area (Å²) in [6.07, 6.45) is 0. The topological polar surface area (TPSA) is 63.1 Å². The second-order valence-corrected chi connectivity index (χ2v) is 4.59. The minimum Gasteiger partial charge on any atom is -0.318 e. The van der Waals surface area contributed by atoms with Gasteiger partial charge in [-0.05, 0) is 32.0 Å². The number of rotatable bonds is 2. The van der Waals surface area contributed by atoms with E-state index in [1.54, 1.807) is 6.07 Å². The van der Waals surface area contributed by atoms with Crippen LogP contribution in [0.2, 0.25) is 0 Å². The molecule has 2 N–H and O–H groups in total. The summed E-state index contributed by atoms with van der Waals surface area (Å²) < 4.78 is 2.00. The highest BCUT2D eigenvalue weighted by atomic mass is 16.2. The molecule has 0 saturated heterocycles. The zero-order chi connectivity index (χ0) is 14.7. The number of nitrogens with one attached hydrogen (secondary N) is 2. The number of hydrogen-bond acceptors (Lipinski definition) is 2. The van der Waals surface area contributed by atoms with E-state index in [4.69, 9.17) is 0 Å². The van der Waals surface area contributed by atoms with Crippen molar-refractivity contribution in [2.75, 3.05) is 0 Å². The number of para-hydroxylation sites is 1. The van der Waals surface area contributed by atoms with E-state index in [9.17, 15) is 9.59 Å². The van der Waals surface area contributed by atoms with Gasteiger partial charge in [-0.25, -0.2) is 0 Å². The molecule has 5 heteroatoms. The largest absolute Gasteiger partial charge is 0.318 e. The highest BCUT2D eigenvalue weighted by Gasteiger charge is 2.16. The number of hydrogen-bond donors (Lipinski definition) is 2. The zero-order valence-electron chi connectivity index (χ0n) is 11.7. The van der Waals surface area contributed by atoms with E-state index in [-0.39, 0.29) is 11.8 Å². The number of carbonyl (C=O) groups excluding carboxylic acids is 2. The fourth-order valence-electron chi connectivity index (χ4n) is 2.18. The molecule has 0 unspecified atom stereocenters. The van der Waals surface area contributed by atoms with Crippen molar-refractivity contribution in [2.45, 2.75) is 20.8 Å². The molecule has 0 spiro atoms. The van der Waals surface area contributed by atoms with Crippen molar-refractivity contribution in [2.24, 2.45) is 0 Å². The van der Waals surface area contributed by atoms with Gasteiger partial charge in [0.2, 0.25) is 5.91 Å². The Labute approximate surface area is 117 Å². The Morgan fingerprint density at radius 1 is 1.05 bits per heavy atom. The Balaban J connectivity index is 2.34. The Bertz CT molecular complexity index is 645. The zero-order valence-corrected chi connectivity index (χ0v) is 11.7.